The second-order valence-electron chi connectivity index (χ2n) is 6.73. The molecule has 32 heavy (non-hydrogen) atoms. The summed E-state index contributed by atoms with van der Waals surface area (Å²) in [7, 11) is 1.03. The number of nitrogens with one attached hydrogen (secondary N) is 1. The van der Waals surface area contributed by atoms with Crippen LogP contribution in [0.2, 0.25) is 0 Å². The zero-order valence-corrected chi connectivity index (χ0v) is 19.7. The van der Waals surface area contributed by atoms with Crippen LogP contribution in [0.15, 0.2) is 34.8 Å². The molecular weight excluding hydrogens is 456 g/mol. The average Bonchev–Trinajstić information content (AvgIpc) is 3.38. The number of aryl methyl sites for hydroxylation is 2. The summed E-state index contributed by atoms with van der Waals surface area (Å²) in [5.74, 6) is 1.19. The lowest BCUT2D eigenvalue weighted by Gasteiger charge is -2.10. The molecule has 0 aliphatic heterocycles. The van der Waals surface area contributed by atoms with Gasteiger partial charge in [0, 0.05) is 25.2 Å². The summed E-state index contributed by atoms with van der Waals surface area (Å²) >= 11 is 1.39. The third-order valence-electron chi connectivity index (χ3n) is 4.55. The van der Waals surface area contributed by atoms with E-state index in [1.54, 1.807) is 44.2 Å². The molecule has 0 saturated carbocycles. The maximum absolute atomic E-state index is 12.2. The van der Waals surface area contributed by atoms with Gasteiger partial charge in [0.15, 0.2) is 16.5 Å². The molecule has 0 unspecified atom stereocenters. The first kappa shape index (κ1) is 23.7. The van der Waals surface area contributed by atoms with Gasteiger partial charge in [0.25, 0.3) is 10.0 Å². The number of esters is 1. The summed E-state index contributed by atoms with van der Waals surface area (Å²) in [6.07, 6.45) is 1.29. The van der Waals surface area contributed by atoms with Gasteiger partial charge in [0.05, 0.1) is 31.9 Å². The lowest BCUT2D eigenvalue weighted by molar-refractivity contribution is -0.144. The summed E-state index contributed by atoms with van der Waals surface area (Å²) in [6.45, 7) is 1.58. The average molecular weight is 481 g/mol. The fourth-order valence-corrected chi connectivity index (χ4v) is 4.69. The fraction of sp³-hybridized carbons (Fsp3) is 0.350. The Balaban J connectivity index is 1.53. The third kappa shape index (κ3) is 5.44. The van der Waals surface area contributed by atoms with Gasteiger partial charge in [-0.2, -0.15) is 0 Å². The van der Waals surface area contributed by atoms with Gasteiger partial charge >= 0.3 is 5.97 Å². The molecule has 1 N–H and O–H groups in total. The van der Waals surface area contributed by atoms with Crippen LogP contribution in [0.5, 0.6) is 11.5 Å². The minimum absolute atomic E-state index is 0.0200. The SMILES string of the molecule is COc1cccc(-c2nc(COC(=O)CCNS(=O)(=O)c3cn(C)c(C)n3)cs2)c1OC. The van der Waals surface area contributed by atoms with E-state index in [1.807, 2.05) is 12.1 Å². The van der Waals surface area contributed by atoms with Crippen LogP contribution in [0.4, 0.5) is 0 Å². The molecule has 0 fully saturated rings. The molecule has 0 radical (unpaired) electrons. The molecule has 2 heterocycles. The van der Waals surface area contributed by atoms with Crippen molar-refractivity contribution in [1.82, 2.24) is 19.3 Å². The Morgan fingerprint density at radius 3 is 2.66 bits per heavy atom. The van der Waals surface area contributed by atoms with E-state index in [9.17, 15) is 13.2 Å². The summed E-state index contributed by atoms with van der Waals surface area (Å²) in [5, 5.41) is 2.40. The van der Waals surface area contributed by atoms with Crippen LogP contribution >= 0.6 is 11.3 Å². The molecule has 0 bridgehead atoms. The standard InChI is InChI=1S/C20H24N4O6S2/c1-13-22-17(10-24(13)2)32(26,27)21-9-8-18(25)30-11-14-12-31-20(23-14)15-6-5-7-16(28-3)19(15)29-4/h5-7,10,12,21H,8-9,11H2,1-4H3. The molecule has 12 heteroatoms. The number of hydrogen-bond donors (Lipinski definition) is 1. The smallest absolute Gasteiger partial charge is 0.307 e. The molecule has 0 saturated heterocycles. The quantitative estimate of drug-likeness (QED) is 0.439. The van der Waals surface area contributed by atoms with Crippen LogP contribution in [-0.2, 0) is 33.2 Å². The molecule has 2 aromatic heterocycles. The number of aromatic nitrogens is 3. The summed E-state index contributed by atoms with van der Waals surface area (Å²) < 4.78 is 44.4. The Labute approximate surface area is 190 Å². The zero-order valence-electron chi connectivity index (χ0n) is 18.1. The number of methoxy groups -OCH3 is 2. The Morgan fingerprint density at radius 2 is 2.00 bits per heavy atom. The highest BCUT2D eigenvalue weighted by molar-refractivity contribution is 7.89. The van der Waals surface area contributed by atoms with Crippen molar-refractivity contribution in [3.05, 3.63) is 41.3 Å². The number of carbonyl (C=O) groups is 1. The van der Waals surface area contributed by atoms with Gasteiger partial charge in [-0.15, -0.1) is 11.3 Å². The monoisotopic (exact) mass is 480 g/mol. The molecule has 0 atom stereocenters. The van der Waals surface area contributed by atoms with E-state index < -0.39 is 16.0 Å². The van der Waals surface area contributed by atoms with E-state index in [-0.39, 0.29) is 24.6 Å². The first-order valence-electron chi connectivity index (χ1n) is 9.56. The van der Waals surface area contributed by atoms with Crippen molar-refractivity contribution in [2.45, 2.75) is 25.0 Å². The number of hydrogen-bond acceptors (Lipinski definition) is 9. The van der Waals surface area contributed by atoms with E-state index in [2.05, 4.69) is 14.7 Å². The van der Waals surface area contributed by atoms with Crippen LogP contribution in [-0.4, -0.2) is 49.7 Å². The summed E-state index contributed by atoms with van der Waals surface area (Å²) in [6, 6.07) is 5.50. The zero-order chi connectivity index (χ0) is 23.3. The van der Waals surface area contributed by atoms with Crippen molar-refractivity contribution in [2.24, 2.45) is 7.05 Å². The van der Waals surface area contributed by atoms with Crippen molar-refractivity contribution in [3.63, 3.8) is 0 Å². The van der Waals surface area contributed by atoms with E-state index in [0.29, 0.717) is 28.0 Å². The van der Waals surface area contributed by atoms with Gasteiger partial charge in [-0.1, -0.05) is 6.07 Å². The highest BCUT2D eigenvalue weighted by Gasteiger charge is 2.19. The van der Waals surface area contributed by atoms with Crippen LogP contribution < -0.4 is 14.2 Å². The number of benzene rings is 1. The number of nitrogens with zero attached hydrogens (tertiary/aromatic N) is 3. The Morgan fingerprint density at radius 1 is 1.22 bits per heavy atom. The van der Waals surface area contributed by atoms with Crippen LogP contribution in [0, 0.1) is 6.92 Å². The molecule has 0 aliphatic carbocycles. The van der Waals surface area contributed by atoms with Gasteiger partial charge in [0.1, 0.15) is 17.4 Å². The Kier molecular flexibility index (Phi) is 7.48. The van der Waals surface area contributed by atoms with Crippen LogP contribution in [0.25, 0.3) is 10.6 Å². The second kappa shape index (κ2) is 10.1. The van der Waals surface area contributed by atoms with Crippen molar-refractivity contribution in [3.8, 4) is 22.1 Å². The van der Waals surface area contributed by atoms with E-state index >= 15 is 0 Å². The topological polar surface area (TPSA) is 122 Å². The lowest BCUT2D eigenvalue weighted by Crippen LogP contribution is -2.27. The first-order chi connectivity index (χ1) is 15.2. The lowest BCUT2D eigenvalue weighted by atomic mass is 10.2. The molecule has 0 amide bonds. The van der Waals surface area contributed by atoms with Crippen molar-refractivity contribution < 1.29 is 27.4 Å². The number of sulfonamides is 1. The van der Waals surface area contributed by atoms with E-state index in [1.165, 1.54) is 17.5 Å². The van der Waals surface area contributed by atoms with Gasteiger partial charge in [-0.3, -0.25) is 4.79 Å². The summed E-state index contributed by atoms with van der Waals surface area (Å²) in [5.41, 5.74) is 1.35. The maximum atomic E-state index is 12.2. The highest BCUT2D eigenvalue weighted by atomic mass is 32.2. The number of carbonyl (C=O) groups excluding carboxylic acids is 1. The minimum atomic E-state index is -3.79. The number of ether oxygens (including phenoxy) is 3. The number of rotatable bonds is 10. The van der Waals surface area contributed by atoms with Gasteiger partial charge in [0.2, 0.25) is 0 Å². The van der Waals surface area contributed by atoms with Crippen molar-refractivity contribution >= 4 is 27.3 Å². The number of para-hydroxylation sites is 1. The molecule has 3 rings (SSSR count). The number of thiazole rings is 1. The minimum Gasteiger partial charge on any atom is -0.493 e. The molecule has 0 spiro atoms. The Hall–Kier alpha value is -2.96. The molecule has 0 aliphatic rings. The van der Waals surface area contributed by atoms with Crippen LogP contribution in [0.3, 0.4) is 0 Å². The van der Waals surface area contributed by atoms with Gasteiger partial charge in [-0.25, -0.2) is 23.1 Å². The normalized spacial score (nSPS) is 11.4. The van der Waals surface area contributed by atoms with Gasteiger partial charge < -0.3 is 18.8 Å². The second-order valence-corrected chi connectivity index (χ2v) is 9.30. The predicted octanol–water partition coefficient (Wildman–Crippen LogP) is 2.28. The highest BCUT2D eigenvalue weighted by Crippen LogP contribution is 2.39. The largest absolute Gasteiger partial charge is 0.493 e. The third-order valence-corrected chi connectivity index (χ3v) is 6.81. The van der Waals surface area contributed by atoms with Crippen molar-refractivity contribution in [2.75, 3.05) is 20.8 Å². The first-order valence-corrected chi connectivity index (χ1v) is 11.9. The molecular formula is C20H24N4O6S2. The van der Waals surface area contributed by atoms with E-state index in [0.717, 1.165) is 5.56 Å². The van der Waals surface area contributed by atoms with Gasteiger partial charge in [-0.05, 0) is 19.1 Å². The van der Waals surface area contributed by atoms with Crippen molar-refractivity contribution in [1.29, 1.82) is 0 Å². The van der Waals surface area contributed by atoms with Crippen LogP contribution in [0.1, 0.15) is 17.9 Å². The predicted molar refractivity (Wildman–Crippen MR) is 118 cm³/mol. The van der Waals surface area contributed by atoms with E-state index in [4.69, 9.17) is 14.2 Å². The summed E-state index contributed by atoms with van der Waals surface area (Å²) in [4.78, 5) is 20.5. The molecule has 172 valence electrons. The maximum Gasteiger partial charge on any atom is 0.307 e. The fourth-order valence-electron chi connectivity index (χ4n) is 2.80. The molecule has 1 aromatic carbocycles. The molecule has 3 aromatic rings. The molecule has 10 nitrogen and oxygen atoms in total. The number of imidazole rings is 1. The Bertz CT molecular complexity index is 1180.